The molecular weight excluding hydrogens is 304 g/mol. The molecule has 0 saturated carbocycles. The number of hydrogen-bond donors (Lipinski definition) is 0. The fourth-order valence-electron chi connectivity index (χ4n) is 2.18. The Kier molecular flexibility index (Phi) is 3.65. The Hall–Kier alpha value is -2.66. The van der Waals surface area contributed by atoms with Crippen LogP contribution >= 0.6 is 11.6 Å². The van der Waals surface area contributed by atoms with Crippen LogP contribution in [0.3, 0.4) is 0 Å². The van der Waals surface area contributed by atoms with Crippen LogP contribution in [0.15, 0.2) is 42.5 Å². The number of carbonyl (C=O) groups excluding carboxylic acids is 2. The van der Waals surface area contributed by atoms with E-state index in [0.717, 1.165) is 11.8 Å². The summed E-state index contributed by atoms with van der Waals surface area (Å²) in [5, 5.41) is 4.86. The van der Waals surface area contributed by atoms with Gasteiger partial charge in [-0.2, -0.15) is 5.10 Å². The molecule has 0 saturated heterocycles. The highest BCUT2D eigenvalue weighted by Gasteiger charge is 2.16. The monoisotopic (exact) mass is 314 g/mol. The molecule has 0 radical (unpaired) electrons. The highest BCUT2D eigenvalue weighted by Crippen LogP contribution is 2.25. The second-order valence-corrected chi connectivity index (χ2v) is 5.03. The standard InChI is InChI=1S/C16H11ClN2O3/c1-22-16(21)15-8-12(17)14-7-6-13(18-19(14)15)11-4-2-10(9-20)3-5-11/h2-9H,1H3. The molecule has 0 aliphatic rings. The first-order valence-corrected chi connectivity index (χ1v) is 6.84. The molecule has 0 N–H and O–H groups in total. The van der Waals surface area contributed by atoms with Crippen molar-refractivity contribution < 1.29 is 14.3 Å². The summed E-state index contributed by atoms with van der Waals surface area (Å²) in [6.45, 7) is 0. The van der Waals surface area contributed by atoms with Crippen LogP contribution < -0.4 is 0 Å². The maximum absolute atomic E-state index is 11.8. The Balaban J connectivity index is 2.15. The number of benzene rings is 1. The SMILES string of the molecule is COC(=O)c1cc(Cl)c2ccc(-c3ccc(C=O)cc3)nn12. The molecule has 6 heteroatoms. The lowest BCUT2D eigenvalue weighted by Crippen LogP contribution is -2.07. The molecule has 0 amide bonds. The minimum absolute atomic E-state index is 0.258. The zero-order chi connectivity index (χ0) is 15.7. The zero-order valence-corrected chi connectivity index (χ0v) is 12.4. The van der Waals surface area contributed by atoms with Crippen LogP contribution in [-0.2, 0) is 4.74 Å². The predicted molar refractivity (Wildman–Crippen MR) is 82.4 cm³/mol. The van der Waals surface area contributed by atoms with E-state index in [1.807, 2.05) is 0 Å². The molecule has 0 atom stereocenters. The van der Waals surface area contributed by atoms with Crippen molar-refractivity contribution >= 4 is 29.4 Å². The largest absolute Gasteiger partial charge is 0.464 e. The molecule has 1 aromatic carbocycles. The van der Waals surface area contributed by atoms with E-state index in [-0.39, 0.29) is 5.69 Å². The number of aldehydes is 1. The van der Waals surface area contributed by atoms with Crippen LogP contribution in [0.1, 0.15) is 20.8 Å². The van der Waals surface area contributed by atoms with Crippen molar-refractivity contribution in [1.82, 2.24) is 9.61 Å². The quantitative estimate of drug-likeness (QED) is 0.550. The first-order valence-electron chi connectivity index (χ1n) is 6.46. The number of fused-ring (bicyclic) bond motifs is 1. The molecule has 0 spiro atoms. The predicted octanol–water partition coefficient (Wildman–Crippen LogP) is 3.25. The van der Waals surface area contributed by atoms with Gasteiger partial charge in [0.2, 0.25) is 0 Å². The molecule has 3 rings (SSSR count). The van der Waals surface area contributed by atoms with Gasteiger partial charge in [0.15, 0.2) is 5.69 Å². The third-order valence-corrected chi connectivity index (χ3v) is 3.61. The fourth-order valence-corrected chi connectivity index (χ4v) is 2.43. The summed E-state index contributed by atoms with van der Waals surface area (Å²) in [5.41, 5.74) is 2.95. The zero-order valence-electron chi connectivity index (χ0n) is 11.6. The van der Waals surface area contributed by atoms with Crippen LogP contribution in [0.5, 0.6) is 0 Å². The van der Waals surface area contributed by atoms with Gasteiger partial charge in [-0.1, -0.05) is 35.9 Å². The number of ether oxygens (including phenoxy) is 1. The molecule has 0 aliphatic heterocycles. The molecule has 2 aromatic heterocycles. The van der Waals surface area contributed by atoms with Gasteiger partial charge in [-0.05, 0) is 18.2 Å². The van der Waals surface area contributed by atoms with E-state index >= 15 is 0 Å². The molecule has 22 heavy (non-hydrogen) atoms. The summed E-state index contributed by atoms with van der Waals surface area (Å²) in [7, 11) is 1.30. The number of carbonyl (C=O) groups is 2. The van der Waals surface area contributed by atoms with Gasteiger partial charge in [0.1, 0.15) is 6.29 Å². The van der Waals surface area contributed by atoms with E-state index in [1.54, 1.807) is 36.4 Å². The van der Waals surface area contributed by atoms with Crippen LogP contribution in [0.25, 0.3) is 16.8 Å². The van der Waals surface area contributed by atoms with Crippen LogP contribution in [-0.4, -0.2) is 29.0 Å². The van der Waals surface area contributed by atoms with Crippen molar-refractivity contribution in [3.8, 4) is 11.3 Å². The Bertz CT molecular complexity index is 869. The average molecular weight is 315 g/mol. The molecule has 0 fully saturated rings. The molecule has 0 bridgehead atoms. The Labute approximate surface area is 131 Å². The van der Waals surface area contributed by atoms with Crippen LogP contribution in [0.2, 0.25) is 5.02 Å². The Morgan fingerprint density at radius 3 is 2.59 bits per heavy atom. The third-order valence-electron chi connectivity index (χ3n) is 3.31. The van der Waals surface area contributed by atoms with Gasteiger partial charge in [-0.15, -0.1) is 0 Å². The van der Waals surface area contributed by atoms with E-state index in [9.17, 15) is 9.59 Å². The smallest absolute Gasteiger partial charge is 0.356 e. The second kappa shape index (κ2) is 5.61. The van der Waals surface area contributed by atoms with E-state index in [4.69, 9.17) is 16.3 Å². The van der Waals surface area contributed by atoms with Crippen molar-refractivity contribution in [3.05, 3.63) is 58.7 Å². The highest BCUT2D eigenvalue weighted by molar-refractivity contribution is 6.34. The minimum Gasteiger partial charge on any atom is -0.464 e. The number of nitrogens with zero attached hydrogens (tertiary/aromatic N) is 2. The van der Waals surface area contributed by atoms with Crippen molar-refractivity contribution in [2.75, 3.05) is 7.11 Å². The number of esters is 1. The van der Waals surface area contributed by atoms with Crippen molar-refractivity contribution in [2.45, 2.75) is 0 Å². The van der Waals surface area contributed by atoms with E-state index < -0.39 is 5.97 Å². The third kappa shape index (κ3) is 2.35. The summed E-state index contributed by atoms with van der Waals surface area (Å²) >= 11 is 6.11. The molecule has 3 aromatic rings. The number of halogens is 1. The first kappa shape index (κ1) is 14.3. The lowest BCUT2D eigenvalue weighted by atomic mass is 10.1. The average Bonchev–Trinajstić information content (AvgIpc) is 2.90. The van der Waals surface area contributed by atoms with E-state index in [2.05, 4.69) is 5.10 Å². The molecule has 110 valence electrons. The minimum atomic E-state index is -0.511. The van der Waals surface area contributed by atoms with E-state index in [1.165, 1.54) is 17.7 Å². The topological polar surface area (TPSA) is 60.7 Å². The van der Waals surface area contributed by atoms with Gasteiger partial charge >= 0.3 is 5.97 Å². The Morgan fingerprint density at radius 2 is 1.95 bits per heavy atom. The molecule has 0 aliphatic carbocycles. The number of aromatic nitrogens is 2. The number of rotatable bonds is 3. The molecule has 0 unspecified atom stereocenters. The van der Waals surface area contributed by atoms with Gasteiger partial charge < -0.3 is 4.74 Å². The van der Waals surface area contributed by atoms with Crippen molar-refractivity contribution in [3.63, 3.8) is 0 Å². The maximum Gasteiger partial charge on any atom is 0.356 e. The molecule has 5 nitrogen and oxygen atoms in total. The Morgan fingerprint density at radius 1 is 1.23 bits per heavy atom. The van der Waals surface area contributed by atoms with E-state index in [0.29, 0.717) is 21.8 Å². The van der Waals surface area contributed by atoms with Crippen molar-refractivity contribution in [1.29, 1.82) is 0 Å². The number of hydrogen-bond acceptors (Lipinski definition) is 4. The second-order valence-electron chi connectivity index (χ2n) is 4.62. The normalized spacial score (nSPS) is 10.6. The van der Waals surface area contributed by atoms with Crippen LogP contribution in [0.4, 0.5) is 0 Å². The lowest BCUT2D eigenvalue weighted by molar-refractivity contribution is 0.0591. The maximum atomic E-state index is 11.8. The molecule has 2 heterocycles. The summed E-state index contributed by atoms with van der Waals surface area (Å²) in [4.78, 5) is 22.5. The van der Waals surface area contributed by atoms with Gasteiger partial charge in [0.25, 0.3) is 0 Å². The summed E-state index contributed by atoms with van der Waals surface area (Å²) < 4.78 is 6.19. The molecular formula is C16H11ClN2O3. The van der Waals surface area contributed by atoms with Gasteiger partial charge in [0.05, 0.1) is 23.3 Å². The van der Waals surface area contributed by atoms with Crippen LogP contribution in [0, 0.1) is 0 Å². The van der Waals surface area contributed by atoms with Gasteiger partial charge in [-0.3, -0.25) is 4.79 Å². The van der Waals surface area contributed by atoms with Crippen molar-refractivity contribution in [2.24, 2.45) is 0 Å². The summed E-state index contributed by atoms with van der Waals surface area (Å²) in [6.07, 6.45) is 0.779. The summed E-state index contributed by atoms with van der Waals surface area (Å²) in [6, 6.07) is 12.1. The lowest BCUT2D eigenvalue weighted by Gasteiger charge is -2.05. The van der Waals surface area contributed by atoms with Gasteiger partial charge in [0, 0.05) is 11.1 Å². The number of methoxy groups -OCH3 is 1. The highest BCUT2D eigenvalue weighted by atomic mass is 35.5. The summed E-state index contributed by atoms with van der Waals surface area (Å²) in [5.74, 6) is -0.511. The fraction of sp³-hybridized carbons (Fsp3) is 0.0625. The first-order chi connectivity index (χ1) is 10.6. The van der Waals surface area contributed by atoms with Gasteiger partial charge in [-0.25, -0.2) is 9.31 Å².